The second-order valence-corrected chi connectivity index (χ2v) is 1.98. The first-order valence-corrected chi connectivity index (χ1v) is 3.20. The molecule has 0 rings (SSSR count). The molecule has 0 saturated heterocycles. The minimum absolute atomic E-state index is 0.273. The number of quaternary nitrogens is 1. The van der Waals surface area contributed by atoms with Crippen molar-refractivity contribution >= 4 is 5.97 Å². The average molecular weight is 161 g/mol. The predicted octanol–water partition coefficient (Wildman–Crippen LogP) is -1.48. The van der Waals surface area contributed by atoms with Gasteiger partial charge in [-0.2, -0.15) is 0 Å². The zero-order chi connectivity index (χ0) is 8.69. The van der Waals surface area contributed by atoms with Crippen molar-refractivity contribution in [2.24, 2.45) is 5.73 Å². The molecule has 0 atom stereocenters. The molecule has 0 saturated carbocycles. The van der Waals surface area contributed by atoms with Crippen molar-refractivity contribution < 1.29 is 20.4 Å². The number of rotatable bonds is 5. The molecule has 0 radical (unpaired) electrons. The topological polar surface area (TPSA) is 100 Å². The summed E-state index contributed by atoms with van der Waals surface area (Å²) in [5, 5.41) is 8.15. The van der Waals surface area contributed by atoms with Gasteiger partial charge in [-0.05, 0) is 0 Å². The maximum absolute atomic E-state index is 9.93. The number of ether oxygens (including phenoxy) is 1. The molecule has 0 aromatic heterocycles. The molecule has 5 heteroatoms. The lowest BCUT2D eigenvalue weighted by molar-refractivity contribution is -0.276. The van der Waals surface area contributed by atoms with Gasteiger partial charge in [-0.15, -0.1) is 0 Å². The first-order chi connectivity index (χ1) is 5.16. The number of carboxylic acids is 1. The molecule has 0 bridgehead atoms. The fourth-order valence-corrected chi connectivity index (χ4v) is 0.452. The van der Waals surface area contributed by atoms with Crippen LogP contribution in [0.25, 0.3) is 0 Å². The standard InChI is InChI=1S/C6H12N2O3/c7-3-5(8)1-2-11-4-6(9)10/h3H,1-2,4,7-8H2,(H,9,10)/p+1. The Kier molecular flexibility index (Phi) is 5.14. The fourth-order valence-electron chi connectivity index (χ4n) is 0.452. The quantitative estimate of drug-likeness (QED) is 0.428. The average Bonchev–Trinajstić information content (AvgIpc) is 1.97. The van der Waals surface area contributed by atoms with E-state index in [9.17, 15) is 4.79 Å². The number of carboxylic acid groups (broad SMARTS) is 1. The smallest absolute Gasteiger partial charge is 0.329 e. The summed E-state index contributed by atoms with van der Waals surface area (Å²) in [6, 6.07) is 0. The molecule has 0 fully saturated rings. The summed E-state index contributed by atoms with van der Waals surface area (Å²) >= 11 is 0. The van der Waals surface area contributed by atoms with Gasteiger partial charge in [-0.1, -0.05) is 0 Å². The van der Waals surface area contributed by atoms with E-state index in [0.717, 1.165) is 0 Å². The van der Waals surface area contributed by atoms with E-state index in [1.54, 1.807) is 0 Å². The van der Waals surface area contributed by atoms with Gasteiger partial charge in [0.05, 0.1) is 12.3 Å². The van der Waals surface area contributed by atoms with Crippen molar-refractivity contribution in [2.75, 3.05) is 13.2 Å². The van der Waals surface area contributed by atoms with Crippen LogP contribution in [0, 0.1) is 0 Å². The first-order valence-electron chi connectivity index (χ1n) is 3.20. The van der Waals surface area contributed by atoms with Crippen LogP contribution in [0.15, 0.2) is 11.9 Å². The van der Waals surface area contributed by atoms with Crippen LogP contribution in [0.1, 0.15) is 6.42 Å². The largest absolute Gasteiger partial charge is 0.480 e. The Labute approximate surface area is 64.6 Å². The van der Waals surface area contributed by atoms with E-state index in [1.807, 2.05) is 0 Å². The van der Waals surface area contributed by atoms with Crippen LogP contribution in [0.4, 0.5) is 0 Å². The third kappa shape index (κ3) is 6.82. The molecule has 6 N–H and O–H groups in total. The van der Waals surface area contributed by atoms with Crippen LogP contribution in [-0.2, 0) is 9.53 Å². The van der Waals surface area contributed by atoms with Gasteiger partial charge in [0, 0.05) is 6.42 Å². The van der Waals surface area contributed by atoms with E-state index in [0.29, 0.717) is 18.7 Å². The molecule has 0 amide bonds. The number of carbonyl (C=O) groups is 1. The van der Waals surface area contributed by atoms with Gasteiger partial charge < -0.3 is 21.3 Å². The third-order valence-corrected chi connectivity index (χ3v) is 1.02. The Balaban J connectivity index is 3.21. The Morgan fingerprint density at radius 2 is 2.36 bits per heavy atom. The Bertz CT molecular complexity index is 156. The van der Waals surface area contributed by atoms with Gasteiger partial charge in [-0.25, -0.2) is 4.79 Å². The van der Waals surface area contributed by atoms with E-state index >= 15 is 0 Å². The van der Waals surface area contributed by atoms with Crippen molar-refractivity contribution in [3.05, 3.63) is 11.9 Å². The molecule has 5 nitrogen and oxygen atoms in total. The van der Waals surface area contributed by atoms with Gasteiger partial charge in [-0.3, -0.25) is 0 Å². The van der Waals surface area contributed by atoms with Crippen LogP contribution in [0.2, 0.25) is 0 Å². The van der Waals surface area contributed by atoms with Crippen LogP contribution in [-0.4, -0.2) is 24.3 Å². The summed E-state index contributed by atoms with van der Waals surface area (Å²) in [6.45, 7) is 0.0502. The monoisotopic (exact) mass is 161 g/mol. The molecule has 0 aliphatic heterocycles. The number of aliphatic carboxylic acids is 1. The highest BCUT2D eigenvalue weighted by atomic mass is 16.5. The van der Waals surface area contributed by atoms with Crippen LogP contribution < -0.4 is 11.5 Å². The molecule has 0 spiro atoms. The van der Waals surface area contributed by atoms with Crippen molar-refractivity contribution in [1.29, 1.82) is 0 Å². The zero-order valence-electron chi connectivity index (χ0n) is 6.25. The summed E-state index contributed by atoms with van der Waals surface area (Å²) < 4.78 is 4.72. The van der Waals surface area contributed by atoms with Crippen molar-refractivity contribution in [1.82, 2.24) is 0 Å². The van der Waals surface area contributed by atoms with Crippen LogP contribution >= 0.6 is 0 Å². The summed E-state index contributed by atoms with van der Waals surface area (Å²) in [6.07, 6.45) is 2.04. The van der Waals surface area contributed by atoms with E-state index in [2.05, 4.69) is 5.73 Å². The SMILES string of the molecule is NC(=C[NH3+])CCOCC(=O)O. The summed E-state index contributed by atoms with van der Waals surface area (Å²) in [5.74, 6) is -0.970. The highest BCUT2D eigenvalue weighted by Gasteiger charge is 1.96. The highest BCUT2D eigenvalue weighted by molar-refractivity contribution is 5.67. The molecule has 0 aliphatic rings. The van der Waals surface area contributed by atoms with E-state index < -0.39 is 5.97 Å². The van der Waals surface area contributed by atoms with Gasteiger partial charge in [0.2, 0.25) is 0 Å². The number of hydrogen-bond acceptors (Lipinski definition) is 3. The van der Waals surface area contributed by atoms with E-state index in [4.69, 9.17) is 15.6 Å². The Morgan fingerprint density at radius 1 is 1.73 bits per heavy atom. The Morgan fingerprint density at radius 3 is 2.82 bits per heavy atom. The number of nitrogens with two attached hydrogens (primary N) is 1. The molecule has 0 aromatic rings. The van der Waals surface area contributed by atoms with Crippen LogP contribution in [0.3, 0.4) is 0 Å². The molecule has 0 heterocycles. The lowest BCUT2D eigenvalue weighted by Gasteiger charge is -1.98. The molecule has 11 heavy (non-hydrogen) atoms. The molecular formula is C6H13N2O3+. The van der Waals surface area contributed by atoms with Crippen molar-refractivity contribution in [3.8, 4) is 0 Å². The van der Waals surface area contributed by atoms with Gasteiger partial charge in [0.15, 0.2) is 0 Å². The Hall–Kier alpha value is -1.07. The first kappa shape index (κ1) is 9.93. The summed E-state index contributed by atoms with van der Waals surface area (Å²) in [5.41, 5.74) is 9.41. The highest BCUT2D eigenvalue weighted by Crippen LogP contribution is 1.89. The lowest BCUT2D eigenvalue weighted by Crippen LogP contribution is -2.41. The lowest BCUT2D eigenvalue weighted by atomic mass is 10.3. The van der Waals surface area contributed by atoms with Gasteiger partial charge >= 0.3 is 5.97 Å². The van der Waals surface area contributed by atoms with Crippen LogP contribution in [0.5, 0.6) is 0 Å². The maximum atomic E-state index is 9.93. The molecule has 64 valence electrons. The second-order valence-electron chi connectivity index (χ2n) is 1.98. The third-order valence-electron chi connectivity index (χ3n) is 1.02. The fraction of sp³-hybridized carbons (Fsp3) is 0.500. The van der Waals surface area contributed by atoms with Crippen molar-refractivity contribution in [2.45, 2.75) is 6.42 Å². The minimum Gasteiger partial charge on any atom is -0.480 e. The van der Waals surface area contributed by atoms with Gasteiger partial charge in [0.1, 0.15) is 12.8 Å². The maximum Gasteiger partial charge on any atom is 0.329 e. The predicted molar refractivity (Wildman–Crippen MR) is 38.2 cm³/mol. The molecule has 0 aliphatic carbocycles. The summed E-state index contributed by atoms with van der Waals surface area (Å²) in [4.78, 5) is 9.93. The zero-order valence-corrected chi connectivity index (χ0v) is 6.25. The molecule has 0 aromatic carbocycles. The van der Waals surface area contributed by atoms with Gasteiger partial charge in [0.25, 0.3) is 0 Å². The number of hydrogen-bond donors (Lipinski definition) is 3. The van der Waals surface area contributed by atoms with E-state index in [-0.39, 0.29) is 6.61 Å². The van der Waals surface area contributed by atoms with Crippen molar-refractivity contribution in [3.63, 3.8) is 0 Å². The minimum atomic E-state index is -0.970. The van der Waals surface area contributed by atoms with E-state index in [1.165, 1.54) is 6.20 Å². The second kappa shape index (κ2) is 5.70. The molecule has 0 unspecified atom stereocenters. The molecular weight excluding hydrogens is 148 g/mol. The normalized spacial score (nSPS) is 11.5. The summed E-state index contributed by atoms with van der Waals surface area (Å²) in [7, 11) is 0.